The zero-order valence-corrected chi connectivity index (χ0v) is 11.1. The first-order valence-corrected chi connectivity index (χ1v) is 6.56. The van der Waals surface area contributed by atoms with Crippen LogP contribution in [0, 0.1) is 0 Å². The summed E-state index contributed by atoms with van der Waals surface area (Å²) in [5.41, 5.74) is 1.43. The Kier molecular flexibility index (Phi) is 3.25. The highest BCUT2D eigenvalue weighted by molar-refractivity contribution is 5.78. The average molecular weight is 269 g/mol. The molecule has 5 nitrogen and oxygen atoms in total. The van der Waals surface area contributed by atoms with Crippen LogP contribution in [-0.2, 0) is 13.0 Å². The van der Waals surface area contributed by atoms with E-state index < -0.39 is 0 Å². The quantitative estimate of drug-likeness (QED) is 0.764. The van der Waals surface area contributed by atoms with Crippen molar-refractivity contribution in [3.05, 3.63) is 58.1 Å². The molecule has 0 aliphatic rings. The number of nitrogens with zero attached hydrogens (tertiary/aromatic N) is 1. The fourth-order valence-electron chi connectivity index (χ4n) is 2.07. The maximum atomic E-state index is 12.0. The molecule has 0 aliphatic carbocycles. The van der Waals surface area contributed by atoms with Gasteiger partial charge in [-0.1, -0.05) is 30.3 Å². The number of aryl methyl sites for hydroxylation is 1. The Morgan fingerprint density at radius 3 is 2.95 bits per heavy atom. The lowest BCUT2D eigenvalue weighted by Gasteiger charge is -2.04. The first-order chi connectivity index (χ1) is 9.76. The highest BCUT2D eigenvalue weighted by atomic mass is 16.5. The van der Waals surface area contributed by atoms with Crippen LogP contribution in [0.4, 0.5) is 5.82 Å². The Balaban J connectivity index is 1.83. The van der Waals surface area contributed by atoms with E-state index in [4.69, 9.17) is 4.52 Å². The third-order valence-electron chi connectivity index (χ3n) is 3.20. The second kappa shape index (κ2) is 5.21. The van der Waals surface area contributed by atoms with Crippen molar-refractivity contribution in [3.63, 3.8) is 0 Å². The van der Waals surface area contributed by atoms with Crippen LogP contribution in [0.1, 0.15) is 18.2 Å². The second-order valence-electron chi connectivity index (χ2n) is 4.60. The molecule has 0 bridgehead atoms. The minimum atomic E-state index is -0.0876. The molecule has 2 aromatic heterocycles. The number of hydrogen-bond donors (Lipinski definition) is 2. The molecule has 0 saturated heterocycles. The van der Waals surface area contributed by atoms with Crippen molar-refractivity contribution < 1.29 is 4.52 Å². The number of aromatic amines is 1. The van der Waals surface area contributed by atoms with Gasteiger partial charge in [-0.3, -0.25) is 4.79 Å². The summed E-state index contributed by atoms with van der Waals surface area (Å²) in [6, 6.07) is 11.4. The van der Waals surface area contributed by atoms with Gasteiger partial charge in [-0.05, 0) is 17.5 Å². The van der Waals surface area contributed by atoms with Gasteiger partial charge in [0, 0.05) is 30.1 Å². The summed E-state index contributed by atoms with van der Waals surface area (Å²) >= 11 is 0. The van der Waals surface area contributed by atoms with Crippen LogP contribution >= 0.6 is 0 Å². The van der Waals surface area contributed by atoms with E-state index in [0.717, 1.165) is 23.1 Å². The van der Waals surface area contributed by atoms with E-state index in [1.54, 1.807) is 0 Å². The third-order valence-corrected chi connectivity index (χ3v) is 3.20. The van der Waals surface area contributed by atoms with E-state index >= 15 is 0 Å². The predicted octanol–water partition coefficient (Wildman–Crippen LogP) is 2.69. The van der Waals surface area contributed by atoms with E-state index in [0.29, 0.717) is 17.9 Å². The fourth-order valence-corrected chi connectivity index (χ4v) is 2.07. The number of pyridine rings is 1. The van der Waals surface area contributed by atoms with Crippen LogP contribution in [0.2, 0.25) is 0 Å². The average Bonchev–Trinajstić information content (AvgIpc) is 2.93. The minimum Gasteiger partial charge on any atom is -0.363 e. The van der Waals surface area contributed by atoms with Gasteiger partial charge in [0.15, 0.2) is 5.82 Å². The van der Waals surface area contributed by atoms with Crippen molar-refractivity contribution in [2.24, 2.45) is 0 Å². The molecule has 0 radical (unpaired) electrons. The van der Waals surface area contributed by atoms with Crippen molar-refractivity contribution in [2.45, 2.75) is 19.9 Å². The molecule has 3 aromatic rings. The highest BCUT2D eigenvalue weighted by Crippen LogP contribution is 2.12. The van der Waals surface area contributed by atoms with Gasteiger partial charge in [0.2, 0.25) is 0 Å². The molecule has 0 aliphatic heterocycles. The van der Waals surface area contributed by atoms with Crippen molar-refractivity contribution in [1.82, 2.24) is 10.1 Å². The molecule has 1 aromatic carbocycles. The maximum absolute atomic E-state index is 12.0. The number of hydrogen-bond acceptors (Lipinski definition) is 4. The standard InChI is InChI=1S/C15H15N3O2/c1-2-12-8-14(18-20-12)16-9-11-7-10-5-3-4-6-13(10)17-15(11)19/h3-8H,2,9H2,1H3,(H,16,18)(H,17,19). The van der Waals surface area contributed by atoms with Gasteiger partial charge >= 0.3 is 0 Å². The van der Waals surface area contributed by atoms with E-state index in [1.807, 2.05) is 43.3 Å². The molecule has 0 unspecified atom stereocenters. The molecule has 5 heteroatoms. The summed E-state index contributed by atoms with van der Waals surface area (Å²) in [5.74, 6) is 1.47. The first kappa shape index (κ1) is 12.5. The molecule has 0 atom stereocenters. The Morgan fingerprint density at radius 2 is 2.15 bits per heavy atom. The molecule has 0 spiro atoms. The van der Waals surface area contributed by atoms with E-state index in [-0.39, 0.29) is 5.56 Å². The molecule has 3 rings (SSSR count). The van der Waals surface area contributed by atoms with Gasteiger partial charge in [0.1, 0.15) is 5.76 Å². The monoisotopic (exact) mass is 269 g/mol. The van der Waals surface area contributed by atoms with Crippen LogP contribution in [0.5, 0.6) is 0 Å². The van der Waals surface area contributed by atoms with Gasteiger partial charge in [0.05, 0.1) is 0 Å². The Hall–Kier alpha value is -2.56. The van der Waals surface area contributed by atoms with Crippen molar-refractivity contribution in [3.8, 4) is 0 Å². The lowest BCUT2D eigenvalue weighted by molar-refractivity contribution is 0.389. The van der Waals surface area contributed by atoms with Gasteiger partial charge in [-0.15, -0.1) is 0 Å². The first-order valence-electron chi connectivity index (χ1n) is 6.56. The Morgan fingerprint density at radius 1 is 1.30 bits per heavy atom. The van der Waals surface area contributed by atoms with Gasteiger partial charge in [-0.25, -0.2) is 0 Å². The van der Waals surface area contributed by atoms with Crippen LogP contribution in [0.3, 0.4) is 0 Å². The molecular weight excluding hydrogens is 254 g/mol. The zero-order chi connectivity index (χ0) is 13.9. The fraction of sp³-hybridized carbons (Fsp3) is 0.200. The van der Waals surface area contributed by atoms with Crippen LogP contribution in [0.25, 0.3) is 10.9 Å². The maximum Gasteiger partial charge on any atom is 0.253 e. The molecule has 20 heavy (non-hydrogen) atoms. The summed E-state index contributed by atoms with van der Waals surface area (Å²) in [6.07, 6.45) is 0.797. The zero-order valence-electron chi connectivity index (χ0n) is 11.1. The molecule has 0 fully saturated rings. The van der Waals surface area contributed by atoms with E-state index in [2.05, 4.69) is 15.5 Å². The lowest BCUT2D eigenvalue weighted by Crippen LogP contribution is -2.15. The minimum absolute atomic E-state index is 0.0876. The van der Waals surface area contributed by atoms with Crippen molar-refractivity contribution in [1.29, 1.82) is 0 Å². The number of anilines is 1. The predicted molar refractivity (Wildman–Crippen MR) is 77.8 cm³/mol. The number of para-hydroxylation sites is 1. The molecular formula is C15H15N3O2. The van der Waals surface area contributed by atoms with Crippen molar-refractivity contribution in [2.75, 3.05) is 5.32 Å². The SMILES string of the molecule is CCc1cc(NCc2cc3ccccc3[nH]c2=O)no1. The summed E-state index contributed by atoms with van der Waals surface area (Å²) in [7, 11) is 0. The number of rotatable bonds is 4. The number of benzene rings is 1. The van der Waals surface area contributed by atoms with E-state index in [9.17, 15) is 4.79 Å². The molecule has 2 N–H and O–H groups in total. The highest BCUT2D eigenvalue weighted by Gasteiger charge is 2.05. The molecule has 102 valence electrons. The largest absolute Gasteiger partial charge is 0.363 e. The van der Waals surface area contributed by atoms with Gasteiger partial charge in [0.25, 0.3) is 5.56 Å². The van der Waals surface area contributed by atoms with Gasteiger partial charge in [-0.2, -0.15) is 0 Å². The normalized spacial score (nSPS) is 10.8. The summed E-state index contributed by atoms with van der Waals surface area (Å²) in [6.45, 7) is 2.41. The van der Waals surface area contributed by atoms with Crippen LogP contribution < -0.4 is 10.9 Å². The van der Waals surface area contributed by atoms with Crippen molar-refractivity contribution >= 4 is 16.7 Å². The van der Waals surface area contributed by atoms with Gasteiger partial charge < -0.3 is 14.8 Å². The third kappa shape index (κ3) is 2.42. The molecule has 2 heterocycles. The Labute approximate surface area is 115 Å². The number of aromatic nitrogens is 2. The van der Waals surface area contributed by atoms with Crippen LogP contribution in [0.15, 0.2) is 45.7 Å². The summed E-state index contributed by atoms with van der Waals surface area (Å²) in [5, 5.41) is 8.00. The molecule has 0 saturated carbocycles. The Bertz CT molecular complexity index is 789. The summed E-state index contributed by atoms with van der Waals surface area (Å²) < 4.78 is 5.10. The second-order valence-corrected chi connectivity index (χ2v) is 4.60. The lowest BCUT2D eigenvalue weighted by atomic mass is 10.1. The summed E-state index contributed by atoms with van der Waals surface area (Å²) in [4.78, 5) is 14.8. The van der Waals surface area contributed by atoms with Crippen LogP contribution in [-0.4, -0.2) is 10.1 Å². The number of fused-ring (bicyclic) bond motifs is 1. The topological polar surface area (TPSA) is 70.9 Å². The smallest absolute Gasteiger partial charge is 0.253 e. The van der Waals surface area contributed by atoms with E-state index in [1.165, 1.54) is 0 Å². The number of nitrogens with one attached hydrogen (secondary N) is 2. The molecule has 0 amide bonds. The number of H-pyrrole nitrogens is 1.